The van der Waals surface area contributed by atoms with Gasteiger partial charge in [-0.15, -0.1) is 0 Å². The lowest BCUT2D eigenvalue weighted by atomic mass is 9.84. The number of phenols is 5. The highest BCUT2D eigenvalue weighted by Gasteiger charge is 2.24. The zero-order chi connectivity index (χ0) is 17.3. The van der Waals surface area contributed by atoms with Crippen LogP contribution in [0.15, 0.2) is 60.7 Å². The predicted octanol–water partition coefficient (Wildman–Crippen LogP) is 3.39. The molecule has 0 aliphatic rings. The summed E-state index contributed by atoms with van der Waals surface area (Å²) in [6, 6.07) is 15.8. The lowest BCUT2D eigenvalue weighted by Crippen LogP contribution is -2.04. The average molecular weight is 324 g/mol. The first kappa shape index (κ1) is 15.6. The molecule has 0 saturated heterocycles. The van der Waals surface area contributed by atoms with Crippen LogP contribution in [0.2, 0.25) is 0 Å². The Morgan fingerprint density at radius 2 is 0.958 bits per heavy atom. The minimum Gasteiger partial charge on any atom is -0.508 e. The van der Waals surface area contributed by atoms with E-state index in [-0.39, 0.29) is 11.5 Å². The summed E-state index contributed by atoms with van der Waals surface area (Å²) in [6.07, 6.45) is 0. The molecule has 5 N–H and O–H groups in total. The number of rotatable bonds is 3. The fraction of sp³-hybridized carbons (Fsp3) is 0.0526. The highest BCUT2D eigenvalue weighted by Crippen LogP contribution is 2.44. The minimum absolute atomic E-state index is 0.0119. The van der Waals surface area contributed by atoms with E-state index in [0.29, 0.717) is 16.7 Å². The summed E-state index contributed by atoms with van der Waals surface area (Å²) >= 11 is 0. The van der Waals surface area contributed by atoms with Crippen LogP contribution in [0.3, 0.4) is 0 Å². The van der Waals surface area contributed by atoms with Crippen molar-refractivity contribution in [3.05, 3.63) is 77.4 Å². The molecule has 0 atom stereocenters. The highest BCUT2D eigenvalue weighted by atomic mass is 16.3. The molecular formula is C19H16O5. The second-order valence-corrected chi connectivity index (χ2v) is 5.46. The second kappa shape index (κ2) is 6.04. The Morgan fingerprint density at radius 1 is 0.542 bits per heavy atom. The second-order valence-electron chi connectivity index (χ2n) is 5.46. The number of phenolic OH excluding ortho intramolecular Hbond substituents is 5. The summed E-state index contributed by atoms with van der Waals surface area (Å²) in [6.45, 7) is 0. The Hall–Kier alpha value is -3.34. The summed E-state index contributed by atoms with van der Waals surface area (Å²) in [7, 11) is 0. The summed E-state index contributed by atoms with van der Waals surface area (Å²) in [5, 5.41) is 49.7. The van der Waals surface area contributed by atoms with Gasteiger partial charge in [0.1, 0.15) is 11.5 Å². The quantitative estimate of drug-likeness (QED) is 0.375. The van der Waals surface area contributed by atoms with Gasteiger partial charge < -0.3 is 25.5 Å². The number of hydrogen-bond donors (Lipinski definition) is 5. The molecule has 0 aromatic heterocycles. The van der Waals surface area contributed by atoms with Crippen LogP contribution < -0.4 is 0 Å². The van der Waals surface area contributed by atoms with Gasteiger partial charge in [-0.1, -0.05) is 36.4 Å². The standard InChI is InChI=1S/C19H16O5/c20-14-7-3-1-5-12(14)18(13-6-2-4-8-15(13)21)11-9-16(22)19(24)17(23)10-11/h1-10,18,20-24H. The van der Waals surface area contributed by atoms with Crippen LogP contribution in [0.25, 0.3) is 0 Å². The largest absolute Gasteiger partial charge is 0.508 e. The van der Waals surface area contributed by atoms with Crippen LogP contribution in [0.5, 0.6) is 28.7 Å². The molecule has 0 radical (unpaired) electrons. The SMILES string of the molecule is Oc1ccccc1C(c1cc(O)c(O)c(O)c1)c1ccccc1O. The molecule has 0 spiro atoms. The smallest absolute Gasteiger partial charge is 0.200 e. The van der Waals surface area contributed by atoms with Gasteiger partial charge in [-0.25, -0.2) is 0 Å². The highest BCUT2D eigenvalue weighted by molar-refractivity contribution is 5.58. The third kappa shape index (κ3) is 2.67. The Kier molecular flexibility index (Phi) is 3.92. The molecule has 0 bridgehead atoms. The van der Waals surface area contributed by atoms with Crippen LogP contribution in [-0.2, 0) is 0 Å². The summed E-state index contributed by atoms with van der Waals surface area (Å²) in [5.74, 6) is -2.21. The Bertz CT molecular complexity index is 820. The van der Waals surface area contributed by atoms with E-state index in [1.54, 1.807) is 36.4 Å². The van der Waals surface area contributed by atoms with Gasteiger partial charge in [0.25, 0.3) is 0 Å². The average Bonchev–Trinajstić information content (AvgIpc) is 2.56. The van der Waals surface area contributed by atoms with E-state index in [0.717, 1.165) is 0 Å². The molecule has 122 valence electrons. The van der Waals surface area contributed by atoms with Crippen molar-refractivity contribution >= 4 is 0 Å². The zero-order valence-corrected chi connectivity index (χ0v) is 12.6. The van der Waals surface area contributed by atoms with Gasteiger partial charge in [0.2, 0.25) is 0 Å². The molecule has 0 aliphatic carbocycles. The predicted molar refractivity (Wildman–Crippen MR) is 88.6 cm³/mol. The van der Waals surface area contributed by atoms with E-state index in [1.165, 1.54) is 24.3 Å². The molecule has 3 aromatic rings. The Labute approximate surface area is 138 Å². The van der Waals surface area contributed by atoms with Crippen molar-refractivity contribution in [2.75, 3.05) is 0 Å². The van der Waals surface area contributed by atoms with E-state index in [4.69, 9.17) is 0 Å². The first-order chi connectivity index (χ1) is 11.5. The number of para-hydroxylation sites is 2. The van der Waals surface area contributed by atoms with Gasteiger partial charge in [-0.2, -0.15) is 0 Å². The number of hydrogen-bond acceptors (Lipinski definition) is 5. The normalized spacial score (nSPS) is 10.9. The zero-order valence-electron chi connectivity index (χ0n) is 12.6. The summed E-state index contributed by atoms with van der Waals surface area (Å²) < 4.78 is 0. The van der Waals surface area contributed by atoms with Crippen LogP contribution in [0.1, 0.15) is 22.6 Å². The molecular weight excluding hydrogens is 308 g/mol. The monoisotopic (exact) mass is 324 g/mol. The number of benzene rings is 3. The molecule has 0 aliphatic heterocycles. The fourth-order valence-corrected chi connectivity index (χ4v) is 2.78. The van der Waals surface area contributed by atoms with Crippen molar-refractivity contribution in [2.24, 2.45) is 0 Å². The van der Waals surface area contributed by atoms with Crippen LogP contribution in [0.4, 0.5) is 0 Å². The summed E-state index contributed by atoms with van der Waals surface area (Å²) in [5.41, 5.74) is 1.39. The van der Waals surface area contributed by atoms with E-state index in [1.807, 2.05) is 0 Å². The lowest BCUT2D eigenvalue weighted by Gasteiger charge is -2.21. The van der Waals surface area contributed by atoms with Crippen molar-refractivity contribution in [3.63, 3.8) is 0 Å². The molecule has 5 heteroatoms. The van der Waals surface area contributed by atoms with Crippen molar-refractivity contribution < 1.29 is 25.5 Å². The first-order valence-electron chi connectivity index (χ1n) is 7.29. The van der Waals surface area contributed by atoms with Gasteiger partial charge in [0.05, 0.1) is 0 Å². The topological polar surface area (TPSA) is 101 Å². The van der Waals surface area contributed by atoms with Gasteiger partial charge in [-0.05, 0) is 29.8 Å². The molecule has 0 unspecified atom stereocenters. The van der Waals surface area contributed by atoms with Crippen molar-refractivity contribution in [1.29, 1.82) is 0 Å². The third-order valence-electron chi connectivity index (χ3n) is 3.92. The van der Waals surface area contributed by atoms with Crippen LogP contribution in [-0.4, -0.2) is 25.5 Å². The maximum atomic E-state index is 10.2. The molecule has 5 nitrogen and oxygen atoms in total. The van der Waals surface area contributed by atoms with Gasteiger partial charge in [0.15, 0.2) is 17.2 Å². The first-order valence-corrected chi connectivity index (χ1v) is 7.29. The minimum atomic E-state index is -0.648. The molecule has 0 amide bonds. The van der Waals surface area contributed by atoms with Crippen LogP contribution >= 0.6 is 0 Å². The van der Waals surface area contributed by atoms with Crippen LogP contribution in [0, 0.1) is 0 Å². The Balaban J connectivity index is 2.28. The third-order valence-corrected chi connectivity index (χ3v) is 3.92. The molecule has 3 rings (SSSR count). The van der Waals surface area contributed by atoms with E-state index >= 15 is 0 Å². The molecule has 0 fully saturated rings. The van der Waals surface area contributed by atoms with Gasteiger partial charge >= 0.3 is 0 Å². The summed E-state index contributed by atoms with van der Waals surface area (Å²) in [4.78, 5) is 0. The van der Waals surface area contributed by atoms with E-state index in [9.17, 15) is 25.5 Å². The maximum absolute atomic E-state index is 10.2. The molecule has 3 aromatic carbocycles. The van der Waals surface area contributed by atoms with E-state index in [2.05, 4.69) is 0 Å². The van der Waals surface area contributed by atoms with Crippen molar-refractivity contribution in [1.82, 2.24) is 0 Å². The molecule has 0 saturated carbocycles. The Morgan fingerprint density at radius 3 is 1.38 bits per heavy atom. The van der Waals surface area contributed by atoms with Gasteiger partial charge in [-0.3, -0.25) is 0 Å². The van der Waals surface area contributed by atoms with Gasteiger partial charge in [0, 0.05) is 17.0 Å². The van der Waals surface area contributed by atoms with Crippen molar-refractivity contribution in [3.8, 4) is 28.7 Å². The molecule has 0 heterocycles. The van der Waals surface area contributed by atoms with E-state index < -0.39 is 23.2 Å². The number of aromatic hydroxyl groups is 5. The fourth-order valence-electron chi connectivity index (χ4n) is 2.78. The molecule has 24 heavy (non-hydrogen) atoms. The van der Waals surface area contributed by atoms with Crippen molar-refractivity contribution in [2.45, 2.75) is 5.92 Å². The lowest BCUT2D eigenvalue weighted by molar-refractivity contribution is 0.367. The maximum Gasteiger partial charge on any atom is 0.200 e.